The lowest BCUT2D eigenvalue weighted by Gasteiger charge is -2.14. The van der Waals surface area contributed by atoms with E-state index in [-0.39, 0.29) is 11.4 Å². The van der Waals surface area contributed by atoms with E-state index in [1.54, 1.807) is 12.4 Å². The fourth-order valence-corrected chi connectivity index (χ4v) is 1.79. The second-order valence-electron chi connectivity index (χ2n) is 4.06. The van der Waals surface area contributed by atoms with Crippen molar-refractivity contribution >= 4 is 17.5 Å². The van der Waals surface area contributed by atoms with Crippen LogP contribution in [0.15, 0.2) is 18.5 Å². The summed E-state index contributed by atoms with van der Waals surface area (Å²) < 4.78 is 0. The number of amides is 1. The summed E-state index contributed by atoms with van der Waals surface area (Å²) in [4.78, 5) is 15.8. The Labute approximate surface area is 93.8 Å². The predicted octanol–water partition coefficient (Wildman–Crippen LogP) is 1.89. The van der Waals surface area contributed by atoms with Crippen LogP contribution in [0.2, 0.25) is 0 Å². The van der Waals surface area contributed by atoms with E-state index in [9.17, 15) is 4.79 Å². The van der Waals surface area contributed by atoms with Crippen molar-refractivity contribution in [3.8, 4) is 0 Å². The first kappa shape index (κ1) is 10.4. The molecule has 1 aromatic heterocycles. The van der Waals surface area contributed by atoms with E-state index in [2.05, 4.69) is 10.3 Å². The Morgan fingerprint density at radius 1 is 1.67 bits per heavy atom. The quantitative estimate of drug-likeness (QED) is 0.797. The van der Waals surface area contributed by atoms with Crippen molar-refractivity contribution in [1.29, 1.82) is 0 Å². The average molecular weight is 225 g/mol. The third-order valence-electron chi connectivity index (χ3n) is 2.77. The normalized spacial score (nSPS) is 17.2. The van der Waals surface area contributed by atoms with Gasteiger partial charge in [0.2, 0.25) is 0 Å². The second-order valence-corrected chi connectivity index (χ2v) is 4.33. The molecule has 0 aromatic carbocycles. The molecular weight excluding hydrogens is 212 g/mol. The molecule has 4 heteroatoms. The molecule has 0 atom stereocenters. The number of rotatable bonds is 3. The number of carbonyl (C=O) groups is 1. The van der Waals surface area contributed by atoms with Gasteiger partial charge in [-0.15, -0.1) is 11.6 Å². The Kier molecular flexibility index (Phi) is 2.65. The molecule has 0 saturated heterocycles. The van der Waals surface area contributed by atoms with Gasteiger partial charge in [0.1, 0.15) is 0 Å². The number of hydrogen-bond donors (Lipinski definition) is 1. The van der Waals surface area contributed by atoms with Gasteiger partial charge < -0.3 is 5.32 Å². The van der Waals surface area contributed by atoms with Gasteiger partial charge in [-0.05, 0) is 31.4 Å². The number of aryl methyl sites for hydroxylation is 1. The van der Waals surface area contributed by atoms with Crippen molar-refractivity contribution in [2.24, 2.45) is 0 Å². The van der Waals surface area contributed by atoms with Gasteiger partial charge in [-0.3, -0.25) is 9.78 Å². The summed E-state index contributed by atoms with van der Waals surface area (Å²) >= 11 is 5.80. The molecule has 1 aromatic rings. The predicted molar refractivity (Wildman–Crippen MR) is 59.1 cm³/mol. The summed E-state index contributed by atoms with van der Waals surface area (Å²) in [5.74, 6) is 0.414. The molecule has 2 rings (SSSR count). The van der Waals surface area contributed by atoms with Gasteiger partial charge in [0.05, 0.1) is 11.1 Å². The maximum absolute atomic E-state index is 11.9. The Balaban J connectivity index is 2.12. The lowest BCUT2D eigenvalue weighted by Crippen LogP contribution is -2.38. The van der Waals surface area contributed by atoms with Crippen molar-refractivity contribution < 1.29 is 4.79 Å². The fourth-order valence-electron chi connectivity index (χ4n) is 1.45. The van der Waals surface area contributed by atoms with Crippen LogP contribution in [0.3, 0.4) is 0 Å². The molecule has 1 aliphatic carbocycles. The monoisotopic (exact) mass is 224 g/mol. The number of pyridine rings is 1. The summed E-state index contributed by atoms with van der Waals surface area (Å²) in [6, 6.07) is 1.83. The zero-order valence-corrected chi connectivity index (χ0v) is 9.34. The van der Waals surface area contributed by atoms with Crippen molar-refractivity contribution in [1.82, 2.24) is 10.3 Å². The molecule has 1 amide bonds. The van der Waals surface area contributed by atoms with E-state index >= 15 is 0 Å². The van der Waals surface area contributed by atoms with Gasteiger partial charge in [0.15, 0.2) is 0 Å². The van der Waals surface area contributed by atoms with E-state index in [0.717, 1.165) is 18.4 Å². The highest BCUT2D eigenvalue weighted by Crippen LogP contribution is 2.36. The van der Waals surface area contributed by atoms with Crippen LogP contribution in [0.25, 0.3) is 0 Å². The second kappa shape index (κ2) is 3.81. The Hall–Kier alpha value is -1.09. The highest BCUT2D eigenvalue weighted by atomic mass is 35.5. The lowest BCUT2D eigenvalue weighted by atomic mass is 10.1. The number of hydrogen-bond acceptors (Lipinski definition) is 2. The van der Waals surface area contributed by atoms with E-state index in [0.29, 0.717) is 11.4 Å². The van der Waals surface area contributed by atoms with Crippen LogP contribution in [0.1, 0.15) is 28.8 Å². The first-order chi connectivity index (χ1) is 7.17. The first-order valence-electron chi connectivity index (χ1n) is 4.96. The highest BCUT2D eigenvalue weighted by Gasteiger charge is 2.43. The summed E-state index contributed by atoms with van der Waals surface area (Å²) in [6.45, 7) is 1.90. The first-order valence-corrected chi connectivity index (χ1v) is 5.49. The van der Waals surface area contributed by atoms with E-state index in [1.165, 1.54) is 0 Å². The fraction of sp³-hybridized carbons (Fsp3) is 0.455. The Bertz CT molecular complexity index is 388. The zero-order chi connectivity index (χ0) is 10.9. The summed E-state index contributed by atoms with van der Waals surface area (Å²) in [5.41, 5.74) is 1.42. The molecule has 0 spiro atoms. The molecule has 1 fully saturated rings. The van der Waals surface area contributed by atoms with Crippen LogP contribution in [-0.2, 0) is 0 Å². The topological polar surface area (TPSA) is 42.0 Å². The molecular formula is C11H13ClN2O. The van der Waals surface area contributed by atoms with Crippen LogP contribution < -0.4 is 5.32 Å². The summed E-state index contributed by atoms with van der Waals surface area (Å²) in [7, 11) is 0. The largest absolute Gasteiger partial charge is 0.345 e. The Morgan fingerprint density at radius 2 is 2.40 bits per heavy atom. The average Bonchev–Trinajstić information content (AvgIpc) is 2.99. The van der Waals surface area contributed by atoms with Crippen molar-refractivity contribution in [2.45, 2.75) is 25.3 Å². The van der Waals surface area contributed by atoms with Gasteiger partial charge >= 0.3 is 0 Å². The van der Waals surface area contributed by atoms with Crippen LogP contribution in [-0.4, -0.2) is 22.3 Å². The number of nitrogens with one attached hydrogen (secondary N) is 1. The minimum Gasteiger partial charge on any atom is -0.345 e. The maximum atomic E-state index is 11.9. The maximum Gasteiger partial charge on any atom is 0.253 e. The van der Waals surface area contributed by atoms with Crippen LogP contribution in [0.4, 0.5) is 0 Å². The molecule has 15 heavy (non-hydrogen) atoms. The molecule has 1 heterocycles. The number of carbonyl (C=O) groups excluding carboxylic acids is 1. The lowest BCUT2D eigenvalue weighted by molar-refractivity contribution is 0.0935. The highest BCUT2D eigenvalue weighted by molar-refractivity contribution is 6.19. The Morgan fingerprint density at radius 3 is 2.93 bits per heavy atom. The van der Waals surface area contributed by atoms with Gasteiger partial charge in [-0.2, -0.15) is 0 Å². The smallest absolute Gasteiger partial charge is 0.253 e. The SMILES string of the molecule is Cc1ccncc1C(=O)NC1(CCl)CC1. The van der Waals surface area contributed by atoms with E-state index < -0.39 is 0 Å². The number of aromatic nitrogens is 1. The van der Waals surface area contributed by atoms with E-state index in [1.807, 2.05) is 13.0 Å². The molecule has 3 nitrogen and oxygen atoms in total. The van der Waals surface area contributed by atoms with Crippen LogP contribution >= 0.6 is 11.6 Å². The third kappa shape index (κ3) is 2.12. The minimum atomic E-state index is -0.152. The molecule has 1 saturated carbocycles. The molecule has 1 aliphatic rings. The van der Waals surface area contributed by atoms with Crippen molar-refractivity contribution in [3.05, 3.63) is 29.6 Å². The van der Waals surface area contributed by atoms with E-state index in [4.69, 9.17) is 11.6 Å². The summed E-state index contributed by atoms with van der Waals surface area (Å²) in [5, 5.41) is 2.96. The number of alkyl halides is 1. The third-order valence-corrected chi connectivity index (χ3v) is 3.28. The van der Waals surface area contributed by atoms with Crippen LogP contribution in [0.5, 0.6) is 0 Å². The van der Waals surface area contributed by atoms with Crippen LogP contribution in [0, 0.1) is 6.92 Å². The van der Waals surface area contributed by atoms with Gasteiger partial charge in [-0.1, -0.05) is 0 Å². The van der Waals surface area contributed by atoms with Gasteiger partial charge in [0.25, 0.3) is 5.91 Å². The number of halogens is 1. The standard InChI is InChI=1S/C11H13ClN2O/c1-8-2-5-13-6-9(8)10(15)14-11(7-12)3-4-11/h2,5-6H,3-4,7H2,1H3,(H,14,15). The summed E-state index contributed by atoms with van der Waals surface area (Å²) in [6.07, 6.45) is 5.22. The molecule has 80 valence electrons. The molecule has 0 aliphatic heterocycles. The molecule has 0 radical (unpaired) electrons. The molecule has 1 N–H and O–H groups in total. The number of nitrogens with zero attached hydrogens (tertiary/aromatic N) is 1. The zero-order valence-electron chi connectivity index (χ0n) is 8.59. The van der Waals surface area contributed by atoms with Gasteiger partial charge in [0, 0.05) is 18.3 Å². The van der Waals surface area contributed by atoms with Crippen molar-refractivity contribution in [3.63, 3.8) is 0 Å². The minimum absolute atomic E-state index is 0.0706. The van der Waals surface area contributed by atoms with Crippen molar-refractivity contribution in [2.75, 3.05) is 5.88 Å². The molecule has 0 unspecified atom stereocenters. The van der Waals surface area contributed by atoms with Gasteiger partial charge in [-0.25, -0.2) is 0 Å². The molecule has 0 bridgehead atoms.